The van der Waals surface area contributed by atoms with Gasteiger partial charge in [-0.15, -0.1) is 0 Å². The number of hydrogen-bond acceptors (Lipinski definition) is 3. The topological polar surface area (TPSA) is 79.5 Å². The van der Waals surface area contributed by atoms with Crippen molar-refractivity contribution < 1.29 is 23.5 Å². The molecule has 25 heavy (non-hydrogen) atoms. The Balaban J connectivity index is 1.84. The molecule has 0 saturated carbocycles. The van der Waals surface area contributed by atoms with Gasteiger partial charge in [0.05, 0.1) is 11.5 Å². The van der Waals surface area contributed by atoms with Crippen LogP contribution < -0.4 is 5.32 Å². The van der Waals surface area contributed by atoms with E-state index >= 15 is 0 Å². The Hall–Kier alpha value is -2.63. The molecule has 134 valence electrons. The van der Waals surface area contributed by atoms with Gasteiger partial charge in [-0.05, 0) is 30.7 Å². The summed E-state index contributed by atoms with van der Waals surface area (Å²) in [6.45, 7) is 2.03. The maximum Gasteiger partial charge on any atom is 0.308 e. The van der Waals surface area contributed by atoms with Crippen LogP contribution in [-0.4, -0.2) is 23.5 Å². The molecule has 5 nitrogen and oxygen atoms in total. The van der Waals surface area contributed by atoms with Crippen molar-refractivity contribution in [2.24, 2.45) is 5.92 Å². The number of carbonyl (C=O) groups is 2. The van der Waals surface area contributed by atoms with Gasteiger partial charge in [0.1, 0.15) is 17.3 Å². The van der Waals surface area contributed by atoms with Gasteiger partial charge in [0.15, 0.2) is 0 Å². The molecular weight excluding hydrogens is 325 g/mol. The summed E-state index contributed by atoms with van der Waals surface area (Å²) in [6.07, 6.45) is 1.83. The number of benzene rings is 1. The average molecular weight is 347 g/mol. The zero-order valence-electron chi connectivity index (χ0n) is 14.1. The van der Waals surface area contributed by atoms with E-state index in [0.29, 0.717) is 29.9 Å². The van der Waals surface area contributed by atoms with Gasteiger partial charge < -0.3 is 14.8 Å². The van der Waals surface area contributed by atoms with Gasteiger partial charge in [-0.2, -0.15) is 0 Å². The second-order valence-electron chi connectivity index (χ2n) is 5.87. The lowest BCUT2D eigenvalue weighted by molar-refractivity contribution is -0.141. The lowest BCUT2D eigenvalue weighted by Gasteiger charge is -2.12. The van der Waals surface area contributed by atoms with Crippen molar-refractivity contribution in [3.8, 4) is 11.3 Å². The number of aliphatic carboxylic acids is 1. The molecule has 0 saturated heterocycles. The third-order valence-corrected chi connectivity index (χ3v) is 3.93. The van der Waals surface area contributed by atoms with Gasteiger partial charge in [-0.1, -0.05) is 25.5 Å². The molecule has 1 atom stereocenters. The Morgan fingerprint density at radius 1 is 1.24 bits per heavy atom. The summed E-state index contributed by atoms with van der Waals surface area (Å²) in [6, 6.07) is 9.71. The maximum absolute atomic E-state index is 13.7. The molecule has 1 heterocycles. The van der Waals surface area contributed by atoms with Crippen molar-refractivity contribution in [2.45, 2.75) is 32.6 Å². The maximum atomic E-state index is 13.7. The molecule has 0 aliphatic rings. The first-order valence-electron chi connectivity index (χ1n) is 8.34. The highest BCUT2D eigenvalue weighted by Crippen LogP contribution is 2.25. The summed E-state index contributed by atoms with van der Waals surface area (Å²) in [5, 5.41) is 11.7. The van der Waals surface area contributed by atoms with Gasteiger partial charge in [0, 0.05) is 19.4 Å². The van der Waals surface area contributed by atoms with Gasteiger partial charge in [-0.25, -0.2) is 4.39 Å². The van der Waals surface area contributed by atoms with Gasteiger partial charge in [-0.3, -0.25) is 9.59 Å². The van der Waals surface area contributed by atoms with Crippen LogP contribution in [0.2, 0.25) is 0 Å². The van der Waals surface area contributed by atoms with Gasteiger partial charge >= 0.3 is 5.97 Å². The monoisotopic (exact) mass is 347 g/mol. The number of carbonyl (C=O) groups excluding carboxylic acids is 1. The largest absolute Gasteiger partial charge is 0.481 e. The number of furan rings is 1. The van der Waals surface area contributed by atoms with Crippen LogP contribution in [-0.2, 0) is 16.0 Å². The van der Waals surface area contributed by atoms with Crippen LogP contribution in [0, 0.1) is 11.7 Å². The molecule has 0 radical (unpaired) electrons. The van der Waals surface area contributed by atoms with Crippen molar-refractivity contribution >= 4 is 11.9 Å². The van der Waals surface area contributed by atoms with E-state index in [1.807, 2.05) is 6.92 Å². The van der Waals surface area contributed by atoms with E-state index in [2.05, 4.69) is 5.32 Å². The Bertz CT molecular complexity index is 726. The van der Waals surface area contributed by atoms with Crippen LogP contribution in [0.4, 0.5) is 4.39 Å². The molecule has 0 bridgehead atoms. The fourth-order valence-corrected chi connectivity index (χ4v) is 2.54. The van der Waals surface area contributed by atoms with E-state index < -0.39 is 11.9 Å². The zero-order chi connectivity index (χ0) is 18.2. The third kappa shape index (κ3) is 5.45. The van der Waals surface area contributed by atoms with Crippen molar-refractivity contribution in [1.82, 2.24) is 5.32 Å². The normalized spacial score (nSPS) is 11.9. The second-order valence-corrected chi connectivity index (χ2v) is 5.87. The minimum Gasteiger partial charge on any atom is -0.481 e. The highest BCUT2D eigenvalue weighted by atomic mass is 19.1. The molecule has 1 aromatic carbocycles. The Kier molecular flexibility index (Phi) is 6.74. The molecule has 2 aromatic rings. The van der Waals surface area contributed by atoms with Crippen LogP contribution in [0.25, 0.3) is 11.3 Å². The summed E-state index contributed by atoms with van der Waals surface area (Å²) in [7, 11) is 0. The highest BCUT2D eigenvalue weighted by molar-refractivity contribution is 5.77. The van der Waals surface area contributed by atoms with E-state index in [-0.39, 0.29) is 24.7 Å². The molecule has 1 amide bonds. The van der Waals surface area contributed by atoms with Crippen molar-refractivity contribution in [3.05, 3.63) is 48.0 Å². The van der Waals surface area contributed by atoms with Crippen molar-refractivity contribution in [1.29, 1.82) is 0 Å². The summed E-state index contributed by atoms with van der Waals surface area (Å²) < 4.78 is 19.3. The zero-order valence-corrected chi connectivity index (χ0v) is 14.1. The molecular formula is C19H22FNO4. The van der Waals surface area contributed by atoms with E-state index in [9.17, 15) is 14.0 Å². The first-order chi connectivity index (χ1) is 12.0. The van der Waals surface area contributed by atoms with Gasteiger partial charge in [0.2, 0.25) is 5.91 Å². The number of rotatable bonds is 9. The van der Waals surface area contributed by atoms with Crippen LogP contribution >= 0.6 is 0 Å². The smallest absolute Gasteiger partial charge is 0.308 e. The number of carboxylic acid groups (broad SMARTS) is 1. The number of amides is 1. The van der Waals surface area contributed by atoms with E-state index in [1.54, 1.807) is 30.3 Å². The van der Waals surface area contributed by atoms with E-state index in [4.69, 9.17) is 9.52 Å². The molecule has 2 rings (SSSR count). The minimum absolute atomic E-state index is 0.126. The second kappa shape index (κ2) is 9.01. The summed E-state index contributed by atoms with van der Waals surface area (Å²) in [5.74, 6) is -1.06. The number of nitrogens with one attached hydrogen (secondary N) is 1. The van der Waals surface area contributed by atoms with Crippen LogP contribution in [0.1, 0.15) is 31.9 Å². The average Bonchev–Trinajstić information content (AvgIpc) is 3.05. The van der Waals surface area contributed by atoms with E-state index in [1.165, 1.54) is 6.07 Å². The van der Waals surface area contributed by atoms with Crippen LogP contribution in [0.5, 0.6) is 0 Å². The fraction of sp³-hybridized carbons (Fsp3) is 0.368. The summed E-state index contributed by atoms with van der Waals surface area (Å²) in [4.78, 5) is 22.9. The Morgan fingerprint density at radius 2 is 2.00 bits per heavy atom. The lowest BCUT2D eigenvalue weighted by atomic mass is 10.0. The predicted molar refractivity (Wildman–Crippen MR) is 91.5 cm³/mol. The Morgan fingerprint density at radius 3 is 2.68 bits per heavy atom. The SMILES string of the molecule is CCCC(CNC(=O)CCc1ccc(-c2ccccc2F)o1)C(=O)O. The van der Waals surface area contributed by atoms with Crippen LogP contribution in [0.15, 0.2) is 40.8 Å². The first-order valence-corrected chi connectivity index (χ1v) is 8.34. The predicted octanol–water partition coefficient (Wildman–Crippen LogP) is 3.64. The molecule has 0 aliphatic carbocycles. The summed E-state index contributed by atoms with van der Waals surface area (Å²) >= 11 is 0. The first kappa shape index (κ1) is 18.7. The molecule has 0 fully saturated rings. The van der Waals surface area contributed by atoms with Crippen molar-refractivity contribution in [2.75, 3.05) is 6.54 Å². The third-order valence-electron chi connectivity index (χ3n) is 3.93. The molecule has 0 spiro atoms. The standard InChI is InChI=1S/C19H22FNO4/c1-2-5-13(19(23)24)12-21-18(22)11-9-14-8-10-17(25-14)15-6-3-4-7-16(15)20/h3-4,6-8,10,13H,2,5,9,11-12H2,1H3,(H,21,22)(H,23,24). The summed E-state index contributed by atoms with van der Waals surface area (Å²) in [5.41, 5.74) is 0.377. The minimum atomic E-state index is -0.900. The molecule has 1 unspecified atom stereocenters. The van der Waals surface area contributed by atoms with Crippen LogP contribution in [0.3, 0.4) is 0 Å². The lowest BCUT2D eigenvalue weighted by Crippen LogP contribution is -2.33. The number of aryl methyl sites for hydroxylation is 1. The number of hydrogen-bond donors (Lipinski definition) is 2. The van der Waals surface area contributed by atoms with E-state index in [0.717, 1.165) is 6.42 Å². The molecule has 6 heteroatoms. The molecule has 0 aliphatic heterocycles. The van der Waals surface area contributed by atoms with Gasteiger partial charge in [0.25, 0.3) is 0 Å². The number of halogens is 1. The van der Waals surface area contributed by atoms with Crippen molar-refractivity contribution in [3.63, 3.8) is 0 Å². The molecule has 1 aromatic heterocycles. The number of carboxylic acids is 1. The Labute approximate surface area is 145 Å². The molecule has 2 N–H and O–H groups in total. The quantitative estimate of drug-likeness (QED) is 0.726. The fourth-order valence-electron chi connectivity index (χ4n) is 2.54. The highest BCUT2D eigenvalue weighted by Gasteiger charge is 2.17.